The van der Waals surface area contributed by atoms with E-state index in [9.17, 15) is 13.2 Å². The van der Waals surface area contributed by atoms with Crippen molar-refractivity contribution in [1.29, 1.82) is 0 Å². The Kier molecular flexibility index (Phi) is 5.79. The summed E-state index contributed by atoms with van der Waals surface area (Å²) < 4.78 is 51.8. The van der Waals surface area contributed by atoms with Gasteiger partial charge in [-0.15, -0.1) is 13.2 Å². The molecule has 0 aliphatic carbocycles. The van der Waals surface area contributed by atoms with E-state index in [2.05, 4.69) is 15.0 Å². The molecule has 1 aromatic heterocycles. The third-order valence-electron chi connectivity index (χ3n) is 4.19. The second-order valence-corrected chi connectivity index (χ2v) is 6.51. The Balaban J connectivity index is 1.33. The number of halogens is 3. The van der Waals surface area contributed by atoms with E-state index in [-0.39, 0.29) is 5.75 Å². The number of rotatable bonds is 7. The van der Waals surface area contributed by atoms with Crippen LogP contribution in [0.3, 0.4) is 0 Å². The molecule has 0 bridgehead atoms. The number of benzene rings is 3. The summed E-state index contributed by atoms with van der Waals surface area (Å²) >= 11 is 0. The van der Waals surface area contributed by atoms with Gasteiger partial charge in [0.2, 0.25) is 5.89 Å². The lowest BCUT2D eigenvalue weighted by atomic mass is 10.2. The van der Waals surface area contributed by atoms with Gasteiger partial charge in [0.1, 0.15) is 23.5 Å². The first-order valence-electron chi connectivity index (χ1n) is 9.32. The monoisotopic (exact) mass is 426 g/mol. The van der Waals surface area contributed by atoms with Crippen LogP contribution in [0.4, 0.5) is 18.9 Å². The fourth-order valence-corrected chi connectivity index (χ4v) is 2.78. The van der Waals surface area contributed by atoms with E-state index in [1.807, 2.05) is 54.6 Å². The molecule has 0 atom stereocenters. The standard InChI is InChI=1S/C23H17F3N2O3/c24-23(25,26)31-21-10-6-16(7-11-21)22-28-18(15-29-22)14-27-17-8-12-20(13-9-17)30-19-4-2-1-3-5-19/h1-13,15,27H,14H2. The molecule has 3 aromatic carbocycles. The maximum absolute atomic E-state index is 12.2. The third-order valence-corrected chi connectivity index (χ3v) is 4.19. The molecule has 31 heavy (non-hydrogen) atoms. The topological polar surface area (TPSA) is 56.5 Å². The molecule has 0 fully saturated rings. The zero-order valence-electron chi connectivity index (χ0n) is 16.1. The molecular weight excluding hydrogens is 409 g/mol. The van der Waals surface area contributed by atoms with Crippen molar-refractivity contribution in [2.24, 2.45) is 0 Å². The Bertz CT molecular complexity index is 1110. The van der Waals surface area contributed by atoms with Gasteiger partial charge >= 0.3 is 6.36 Å². The summed E-state index contributed by atoms with van der Waals surface area (Å²) in [6.07, 6.45) is -3.23. The Morgan fingerprint density at radius 1 is 0.806 bits per heavy atom. The summed E-state index contributed by atoms with van der Waals surface area (Å²) in [5.74, 6) is 1.49. The van der Waals surface area contributed by atoms with Crippen molar-refractivity contribution in [3.05, 3.63) is 90.8 Å². The SMILES string of the molecule is FC(F)(F)Oc1ccc(-c2nc(CNc3ccc(Oc4ccccc4)cc3)co2)cc1. The lowest BCUT2D eigenvalue weighted by Crippen LogP contribution is -2.16. The van der Waals surface area contributed by atoms with Gasteiger partial charge in [0.05, 0.1) is 12.2 Å². The molecule has 0 unspecified atom stereocenters. The van der Waals surface area contributed by atoms with Gasteiger partial charge in [-0.2, -0.15) is 0 Å². The van der Waals surface area contributed by atoms with Gasteiger partial charge in [-0.3, -0.25) is 0 Å². The van der Waals surface area contributed by atoms with Gasteiger partial charge in [-0.25, -0.2) is 4.98 Å². The Labute approximate surface area is 176 Å². The number of alkyl halides is 3. The summed E-state index contributed by atoms with van der Waals surface area (Å²) in [6.45, 7) is 0.414. The molecule has 4 aromatic rings. The van der Waals surface area contributed by atoms with Crippen LogP contribution >= 0.6 is 0 Å². The molecule has 1 N–H and O–H groups in total. The number of nitrogens with one attached hydrogen (secondary N) is 1. The number of hydrogen-bond acceptors (Lipinski definition) is 5. The van der Waals surface area contributed by atoms with Crippen LogP contribution in [0.2, 0.25) is 0 Å². The van der Waals surface area contributed by atoms with Gasteiger partial charge in [0.25, 0.3) is 0 Å². The number of anilines is 1. The zero-order valence-corrected chi connectivity index (χ0v) is 16.1. The molecule has 0 amide bonds. The molecule has 1 heterocycles. The van der Waals surface area contributed by atoms with Gasteiger partial charge in [0, 0.05) is 11.3 Å². The number of nitrogens with zero attached hydrogens (tertiary/aromatic N) is 1. The number of para-hydroxylation sites is 1. The fraction of sp³-hybridized carbons (Fsp3) is 0.0870. The van der Waals surface area contributed by atoms with Crippen LogP contribution in [-0.4, -0.2) is 11.3 Å². The molecule has 158 valence electrons. The van der Waals surface area contributed by atoms with Crippen molar-refractivity contribution < 1.29 is 27.1 Å². The van der Waals surface area contributed by atoms with E-state index < -0.39 is 6.36 Å². The smallest absolute Gasteiger partial charge is 0.457 e. The molecule has 8 heteroatoms. The van der Waals surface area contributed by atoms with Crippen LogP contribution in [0.15, 0.2) is 89.5 Å². The van der Waals surface area contributed by atoms with Gasteiger partial charge in [-0.1, -0.05) is 18.2 Å². The first kappa shape index (κ1) is 20.3. The van der Waals surface area contributed by atoms with Crippen LogP contribution in [0.5, 0.6) is 17.2 Å². The quantitative estimate of drug-likeness (QED) is 0.359. The first-order valence-corrected chi connectivity index (χ1v) is 9.32. The lowest BCUT2D eigenvalue weighted by Gasteiger charge is -2.08. The highest BCUT2D eigenvalue weighted by Gasteiger charge is 2.31. The fourth-order valence-electron chi connectivity index (χ4n) is 2.78. The molecule has 0 aliphatic rings. The normalized spacial score (nSPS) is 11.2. The average molecular weight is 426 g/mol. The number of oxazole rings is 1. The molecule has 4 rings (SSSR count). The van der Waals surface area contributed by atoms with Crippen LogP contribution < -0.4 is 14.8 Å². The maximum Gasteiger partial charge on any atom is 0.573 e. The van der Waals surface area contributed by atoms with Crippen molar-refractivity contribution in [3.8, 4) is 28.7 Å². The highest BCUT2D eigenvalue weighted by Crippen LogP contribution is 2.27. The van der Waals surface area contributed by atoms with Crippen LogP contribution in [0.1, 0.15) is 5.69 Å². The van der Waals surface area contributed by atoms with E-state index in [1.165, 1.54) is 30.5 Å². The predicted octanol–water partition coefficient (Wildman–Crippen LogP) is 6.64. The van der Waals surface area contributed by atoms with E-state index in [4.69, 9.17) is 9.15 Å². The van der Waals surface area contributed by atoms with Crippen LogP contribution in [-0.2, 0) is 6.54 Å². The Hall–Kier alpha value is -3.94. The average Bonchev–Trinajstić information content (AvgIpc) is 3.22. The molecule has 0 spiro atoms. The van der Waals surface area contributed by atoms with Crippen molar-refractivity contribution in [3.63, 3.8) is 0 Å². The highest BCUT2D eigenvalue weighted by atomic mass is 19.4. The minimum atomic E-state index is -4.73. The zero-order chi connectivity index (χ0) is 21.7. The molecule has 0 saturated heterocycles. The number of hydrogen-bond donors (Lipinski definition) is 1. The molecule has 5 nitrogen and oxygen atoms in total. The number of ether oxygens (including phenoxy) is 2. The van der Waals surface area contributed by atoms with E-state index in [1.54, 1.807) is 0 Å². The van der Waals surface area contributed by atoms with Crippen LogP contribution in [0.25, 0.3) is 11.5 Å². The highest BCUT2D eigenvalue weighted by molar-refractivity contribution is 5.55. The summed E-state index contributed by atoms with van der Waals surface area (Å²) in [5, 5.41) is 3.23. The predicted molar refractivity (Wildman–Crippen MR) is 109 cm³/mol. The summed E-state index contributed by atoms with van der Waals surface area (Å²) in [7, 11) is 0. The van der Waals surface area contributed by atoms with E-state index in [0.717, 1.165) is 17.2 Å². The van der Waals surface area contributed by atoms with Crippen LogP contribution in [0, 0.1) is 0 Å². The second-order valence-electron chi connectivity index (χ2n) is 6.51. The van der Waals surface area contributed by atoms with E-state index >= 15 is 0 Å². The van der Waals surface area contributed by atoms with Gasteiger partial charge < -0.3 is 19.2 Å². The molecular formula is C23H17F3N2O3. The first-order chi connectivity index (χ1) is 14.9. The van der Waals surface area contributed by atoms with E-state index in [0.29, 0.717) is 23.7 Å². The largest absolute Gasteiger partial charge is 0.573 e. The number of aromatic nitrogens is 1. The lowest BCUT2D eigenvalue weighted by molar-refractivity contribution is -0.274. The maximum atomic E-state index is 12.2. The Morgan fingerprint density at radius 2 is 1.45 bits per heavy atom. The summed E-state index contributed by atoms with van der Waals surface area (Å²) in [4.78, 5) is 4.36. The second kappa shape index (κ2) is 8.83. The minimum absolute atomic E-state index is 0.301. The van der Waals surface area contributed by atoms with Crippen molar-refractivity contribution in [2.75, 3.05) is 5.32 Å². The molecule has 0 aliphatic heterocycles. The summed E-state index contributed by atoms with van der Waals surface area (Å²) in [6, 6.07) is 22.3. The van der Waals surface area contributed by atoms with Crippen molar-refractivity contribution in [1.82, 2.24) is 4.98 Å². The minimum Gasteiger partial charge on any atom is -0.457 e. The van der Waals surface area contributed by atoms with Crippen molar-refractivity contribution >= 4 is 5.69 Å². The molecule has 0 saturated carbocycles. The summed E-state index contributed by atoms with van der Waals surface area (Å²) in [5.41, 5.74) is 2.07. The third kappa shape index (κ3) is 5.79. The molecule has 0 radical (unpaired) electrons. The van der Waals surface area contributed by atoms with Crippen molar-refractivity contribution in [2.45, 2.75) is 12.9 Å². The van der Waals surface area contributed by atoms with Gasteiger partial charge in [0.15, 0.2) is 0 Å². The van der Waals surface area contributed by atoms with Gasteiger partial charge in [-0.05, 0) is 60.7 Å². The Morgan fingerprint density at radius 3 is 2.13 bits per heavy atom.